The summed E-state index contributed by atoms with van der Waals surface area (Å²) in [6, 6.07) is 8.80. The second kappa shape index (κ2) is 9.12. The van der Waals surface area contributed by atoms with Crippen molar-refractivity contribution in [1.29, 1.82) is 0 Å². The van der Waals surface area contributed by atoms with E-state index in [-0.39, 0.29) is 5.97 Å². The lowest BCUT2D eigenvalue weighted by Gasteiger charge is -2.26. The number of morpholine rings is 1. The van der Waals surface area contributed by atoms with Crippen LogP contribution in [0, 0.1) is 0 Å². The minimum absolute atomic E-state index is 0.362. The van der Waals surface area contributed by atoms with Gasteiger partial charge in [0, 0.05) is 38.1 Å². The Labute approximate surface area is 152 Å². The topological polar surface area (TPSA) is 88.6 Å². The van der Waals surface area contributed by atoms with Crippen molar-refractivity contribution in [3.63, 3.8) is 0 Å². The number of carbonyl (C=O) groups excluding carboxylic acids is 1. The van der Waals surface area contributed by atoms with Crippen molar-refractivity contribution in [2.75, 3.05) is 57.1 Å². The molecule has 1 fully saturated rings. The van der Waals surface area contributed by atoms with E-state index in [0.29, 0.717) is 11.5 Å². The smallest absolute Gasteiger partial charge is 0.337 e. The molecular weight excluding hydrogens is 334 g/mol. The van der Waals surface area contributed by atoms with Crippen LogP contribution in [-0.2, 0) is 9.47 Å². The van der Waals surface area contributed by atoms with Gasteiger partial charge < -0.3 is 20.1 Å². The number of nitrogens with one attached hydrogen (secondary N) is 2. The summed E-state index contributed by atoms with van der Waals surface area (Å²) >= 11 is 0. The molecule has 0 unspecified atom stereocenters. The van der Waals surface area contributed by atoms with Crippen LogP contribution in [0.3, 0.4) is 0 Å². The van der Waals surface area contributed by atoms with Gasteiger partial charge in [-0.3, -0.25) is 4.90 Å². The van der Waals surface area contributed by atoms with Gasteiger partial charge in [0.15, 0.2) is 0 Å². The van der Waals surface area contributed by atoms with Gasteiger partial charge in [-0.05, 0) is 30.3 Å². The first-order valence-corrected chi connectivity index (χ1v) is 8.57. The molecule has 0 radical (unpaired) electrons. The van der Waals surface area contributed by atoms with Gasteiger partial charge in [0.25, 0.3) is 0 Å². The van der Waals surface area contributed by atoms with E-state index in [0.717, 1.165) is 50.9 Å². The van der Waals surface area contributed by atoms with Gasteiger partial charge in [0.2, 0.25) is 5.95 Å². The molecule has 2 N–H and O–H groups in total. The first-order valence-electron chi connectivity index (χ1n) is 8.57. The predicted molar refractivity (Wildman–Crippen MR) is 98.8 cm³/mol. The maximum Gasteiger partial charge on any atom is 0.337 e. The Bertz CT molecular complexity index is 717. The summed E-state index contributed by atoms with van der Waals surface area (Å²) in [7, 11) is 1.36. The minimum Gasteiger partial charge on any atom is -0.465 e. The van der Waals surface area contributed by atoms with Crippen LogP contribution in [0.15, 0.2) is 36.5 Å². The van der Waals surface area contributed by atoms with Crippen molar-refractivity contribution in [1.82, 2.24) is 14.9 Å². The Morgan fingerprint density at radius 3 is 2.73 bits per heavy atom. The third-order valence-corrected chi connectivity index (χ3v) is 4.06. The van der Waals surface area contributed by atoms with Crippen molar-refractivity contribution in [3.8, 4) is 0 Å². The second-order valence-electron chi connectivity index (χ2n) is 5.84. The lowest BCUT2D eigenvalue weighted by Crippen LogP contribution is -2.39. The van der Waals surface area contributed by atoms with Crippen LogP contribution < -0.4 is 10.6 Å². The molecule has 8 heteroatoms. The second-order valence-corrected chi connectivity index (χ2v) is 5.84. The van der Waals surface area contributed by atoms with Crippen molar-refractivity contribution >= 4 is 23.4 Å². The third kappa shape index (κ3) is 5.14. The highest BCUT2D eigenvalue weighted by atomic mass is 16.5. The fraction of sp³-hybridized carbons (Fsp3) is 0.389. The summed E-state index contributed by atoms with van der Waals surface area (Å²) in [6.07, 6.45) is 1.70. The van der Waals surface area contributed by atoms with E-state index in [1.54, 1.807) is 30.5 Å². The molecule has 0 bridgehead atoms. The Hall–Kier alpha value is -2.71. The van der Waals surface area contributed by atoms with Crippen LogP contribution in [0.5, 0.6) is 0 Å². The molecule has 1 aliphatic rings. The Morgan fingerprint density at radius 1 is 1.23 bits per heavy atom. The molecule has 2 heterocycles. The van der Waals surface area contributed by atoms with Gasteiger partial charge in [-0.15, -0.1) is 0 Å². The zero-order valence-corrected chi connectivity index (χ0v) is 14.8. The standard InChI is InChI=1S/C18H23N5O3/c1-25-17(24)14-2-4-15(5-3-14)21-18-20-7-6-16(22-18)19-8-9-23-10-12-26-13-11-23/h2-7H,8-13H2,1H3,(H2,19,20,21,22). The summed E-state index contributed by atoms with van der Waals surface area (Å²) in [6.45, 7) is 5.31. The number of aromatic nitrogens is 2. The molecule has 2 aromatic rings. The van der Waals surface area contributed by atoms with Crippen molar-refractivity contribution in [2.24, 2.45) is 0 Å². The van der Waals surface area contributed by atoms with Crippen molar-refractivity contribution in [2.45, 2.75) is 0 Å². The zero-order valence-electron chi connectivity index (χ0n) is 14.8. The molecule has 26 heavy (non-hydrogen) atoms. The summed E-state index contributed by atoms with van der Waals surface area (Å²) in [5.41, 5.74) is 1.29. The first-order chi connectivity index (χ1) is 12.7. The van der Waals surface area contributed by atoms with Gasteiger partial charge in [-0.25, -0.2) is 9.78 Å². The lowest BCUT2D eigenvalue weighted by atomic mass is 10.2. The van der Waals surface area contributed by atoms with Gasteiger partial charge >= 0.3 is 5.97 Å². The number of methoxy groups -OCH3 is 1. The molecule has 0 atom stereocenters. The van der Waals surface area contributed by atoms with E-state index >= 15 is 0 Å². The van der Waals surface area contributed by atoms with E-state index in [4.69, 9.17) is 4.74 Å². The molecule has 1 aliphatic heterocycles. The molecule has 0 aliphatic carbocycles. The average molecular weight is 357 g/mol. The Morgan fingerprint density at radius 2 is 2.00 bits per heavy atom. The number of ether oxygens (including phenoxy) is 2. The average Bonchev–Trinajstić information content (AvgIpc) is 2.69. The number of benzene rings is 1. The maximum absolute atomic E-state index is 11.5. The number of carbonyl (C=O) groups is 1. The Kier molecular flexibility index (Phi) is 6.34. The zero-order chi connectivity index (χ0) is 18.2. The van der Waals surface area contributed by atoms with E-state index < -0.39 is 0 Å². The molecule has 1 aromatic heterocycles. The van der Waals surface area contributed by atoms with Crippen molar-refractivity contribution in [3.05, 3.63) is 42.1 Å². The van der Waals surface area contributed by atoms with E-state index in [1.165, 1.54) is 7.11 Å². The molecule has 0 amide bonds. The van der Waals surface area contributed by atoms with E-state index in [2.05, 4.69) is 30.2 Å². The number of rotatable bonds is 7. The predicted octanol–water partition coefficient (Wildman–Crippen LogP) is 1.75. The number of hydrogen-bond acceptors (Lipinski definition) is 8. The lowest BCUT2D eigenvalue weighted by molar-refractivity contribution is 0.0398. The highest BCUT2D eigenvalue weighted by Gasteiger charge is 2.09. The maximum atomic E-state index is 11.5. The molecule has 0 saturated carbocycles. The number of anilines is 3. The van der Waals surface area contributed by atoms with Gasteiger partial charge in [0.05, 0.1) is 25.9 Å². The summed E-state index contributed by atoms with van der Waals surface area (Å²) in [5.74, 6) is 0.897. The fourth-order valence-electron chi connectivity index (χ4n) is 2.62. The van der Waals surface area contributed by atoms with Crippen LogP contribution in [0.25, 0.3) is 0 Å². The number of nitrogens with zero attached hydrogens (tertiary/aromatic N) is 3. The molecule has 1 saturated heterocycles. The van der Waals surface area contributed by atoms with E-state index in [9.17, 15) is 4.79 Å². The van der Waals surface area contributed by atoms with Crippen LogP contribution in [-0.4, -0.2) is 67.3 Å². The number of esters is 1. The van der Waals surface area contributed by atoms with E-state index in [1.807, 2.05) is 6.07 Å². The highest BCUT2D eigenvalue weighted by molar-refractivity contribution is 5.89. The normalized spacial score (nSPS) is 14.7. The summed E-state index contributed by atoms with van der Waals surface area (Å²) < 4.78 is 10.0. The third-order valence-electron chi connectivity index (χ3n) is 4.06. The largest absolute Gasteiger partial charge is 0.465 e. The monoisotopic (exact) mass is 357 g/mol. The molecule has 3 rings (SSSR count). The van der Waals surface area contributed by atoms with Crippen LogP contribution in [0.1, 0.15) is 10.4 Å². The highest BCUT2D eigenvalue weighted by Crippen LogP contribution is 2.15. The fourth-order valence-corrected chi connectivity index (χ4v) is 2.62. The van der Waals surface area contributed by atoms with Crippen LogP contribution in [0.4, 0.5) is 17.5 Å². The molecule has 8 nitrogen and oxygen atoms in total. The summed E-state index contributed by atoms with van der Waals surface area (Å²) in [4.78, 5) is 22.5. The molecule has 138 valence electrons. The molecule has 0 spiro atoms. The van der Waals surface area contributed by atoms with Crippen molar-refractivity contribution < 1.29 is 14.3 Å². The van der Waals surface area contributed by atoms with Crippen LogP contribution >= 0.6 is 0 Å². The molecular formula is C18H23N5O3. The summed E-state index contributed by atoms with van der Waals surface area (Å²) in [5, 5.41) is 6.44. The minimum atomic E-state index is -0.362. The van der Waals surface area contributed by atoms with Gasteiger partial charge in [0.1, 0.15) is 5.82 Å². The number of hydrogen-bond donors (Lipinski definition) is 2. The Balaban J connectivity index is 1.52. The first kappa shape index (κ1) is 18.1. The molecule has 1 aromatic carbocycles. The van der Waals surface area contributed by atoms with Crippen LogP contribution in [0.2, 0.25) is 0 Å². The quantitative estimate of drug-likeness (QED) is 0.725. The SMILES string of the molecule is COC(=O)c1ccc(Nc2nccc(NCCN3CCOCC3)n2)cc1. The van der Waals surface area contributed by atoms with Gasteiger partial charge in [-0.2, -0.15) is 4.98 Å². The van der Waals surface area contributed by atoms with Gasteiger partial charge in [-0.1, -0.05) is 0 Å².